The molecule has 0 radical (unpaired) electrons. The lowest BCUT2D eigenvalue weighted by Crippen LogP contribution is -2.69. The van der Waals surface area contributed by atoms with Gasteiger partial charge >= 0.3 is 12.0 Å². The van der Waals surface area contributed by atoms with Crippen molar-refractivity contribution in [2.24, 2.45) is 11.8 Å². The summed E-state index contributed by atoms with van der Waals surface area (Å²) < 4.78 is 0. The van der Waals surface area contributed by atoms with Gasteiger partial charge in [-0.1, -0.05) is 69.0 Å². The summed E-state index contributed by atoms with van der Waals surface area (Å²) in [5, 5.41) is 13.1. The van der Waals surface area contributed by atoms with Crippen molar-refractivity contribution in [3.63, 3.8) is 0 Å². The van der Waals surface area contributed by atoms with E-state index in [9.17, 15) is 24.3 Å². The van der Waals surface area contributed by atoms with Gasteiger partial charge in [0.25, 0.3) is 5.91 Å². The molecule has 5 rings (SSSR count). The highest BCUT2D eigenvalue weighted by Crippen LogP contribution is 2.36. The summed E-state index contributed by atoms with van der Waals surface area (Å²) >= 11 is 0. The molecular weight excluding hydrogens is 556 g/mol. The van der Waals surface area contributed by atoms with E-state index in [-0.39, 0.29) is 19.0 Å². The molecule has 4 amide bonds. The van der Waals surface area contributed by atoms with Crippen LogP contribution < -0.4 is 5.32 Å². The number of carboxylic acid groups (broad SMARTS) is 1. The number of aryl methyl sites for hydroxylation is 1. The second-order valence-electron chi connectivity index (χ2n) is 12.5. The minimum Gasteiger partial charge on any atom is -0.480 e. The monoisotopic (exact) mass is 602 g/mol. The maximum atomic E-state index is 13.2. The molecule has 0 spiro atoms. The van der Waals surface area contributed by atoms with Crippen LogP contribution in [0.1, 0.15) is 74.2 Å². The summed E-state index contributed by atoms with van der Waals surface area (Å²) in [6.07, 6.45) is 9.80. The van der Waals surface area contributed by atoms with Crippen LogP contribution in [0.2, 0.25) is 0 Å². The Balaban J connectivity index is 1.11. The van der Waals surface area contributed by atoms with Gasteiger partial charge in [0.1, 0.15) is 0 Å². The van der Waals surface area contributed by atoms with Crippen LogP contribution in [-0.2, 0) is 16.0 Å². The fourth-order valence-electron chi connectivity index (χ4n) is 6.79. The molecule has 9 nitrogen and oxygen atoms in total. The van der Waals surface area contributed by atoms with E-state index >= 15 is 0 Å². The van der Waals surface area contributed by atoms with E-state index in [2.05, 4.69) is 36.5 Å². The van der Waals surface area contributed by atoms with E-state index in [0.717, 1.165) is 48.4 Å². The van der Waals surface area contributed by atoms with Crippen molar-refractivity contribution in [3.8, 4) is 11.1 Å². The highest BCUT2D eigenvalue weighted by Gasteiger charge is 2.56. The molecule has 3 fully saturated rings. The fraction of sp³-hybridized carbons (Fsp3) is 0.543. The van der Waals surface area contributed by atoms with Crippen LogP contribution in [0.3, 0.4) is 0 Å². The lowest BCUT2D eigenvalue weighted by atomic mass is 9.78. The molecular formula is C35H46N4O5. The lowest BCUT2D eigenvalue weighted by Gasteiger charge is -2.47. The lowest BCUT2D eigenvalue weighted by molar-refractivity contribution is -0.167. The largest absolute Gasteiger partial charge is 0.480 e. The maximum absolute atomic E-state index is 13.2. The molecule has 0 saturated carbocycles. The van der Waals surface area contributed by atoms with Crippen molar-refractivity contribution in [1.82, 2.24) is 20.0 Å². The molecule has 0 aromatic heterocycles. The van der Waals surface area contributed by atoms with Crippen molar-refractivity contribution < 1.29 is 24.3 Å². The minimum atomic E-state index is -1.14. The van der Waals surface area contributed by atoms with E-state index in [1.807, 2.05) is 24.3 Å². The second kappa shape index (κ2) is 14.8. The SMILES string of the molecule is CCCCCCCc1ccc(-c2ccc(C(=O)N3CCN(C(=O)N4C(=O)[C@H](CC5CCNCC5)[C@H]4C(=O)O)CC3)cc2)cc1. The van der Waals surface area contributed by atoms with E-state index in [0.29, 0.717) is 31.0 Å². The molecule has 0 aliphatic carbocycles. The smallest absolute Gasteiger partial charge is 0.327 e. The number of carbonyl (C=O) groups excluding carboxylic acids is 3. The van der Waals surface area contributed by atoms with Crippen LogP contribution in [0.25, 0.3) is 11.1 Å². The van der Waals surface area contributed by atoms with Gasteiger partial charge in [-0.05, 0) is 79.9 Å². The third-order valence-corrected chi connectivity index (χ3v) is 9.54. The van der Waals surface area contributed by atoms with E-state index in [4.69, 9.17) is 0 Å². The number of nitrogens with one attached hydrogen (secondary N) is 1. The average molecular weight is 603 g/mol. The summed E-state index contributed by atoms with van der Waals surface area (Å²) in [4.78, 5) is 55.6. The zero-order valence-corrected chi connectivity index (χ0v) is 25.9. The number of rotatable bonds is 11. The number of hydrogen-bond acceptors (Lipinski definition) is 5. The highest BCUT2D eigenvalue weighted by molar-refractivity contribution is 6.07. The van der Waals surface area contributed by atoms with E-state index < -0.39 is 29.9 Å². The normalized spacial score (nSPS) is 20.8. The first-order valence-electron chi connectivity index (χ1n) is 16.4. The Hall–Kier alpha value is -3.72. The summed E-state index contributed by atoms with van der Waals surface area (Å²) in [7, 11) is 0. The third kappa shape index (κ3) is 7.32. The van der Waals surface area contributed by atoms with Crippen molar-refractivity contribution in [2.45, 2.75) is 70.8 Å². The number of β-lactam (4-membered cyclic amide) rings is 1. The predicted octanol–water partition coefficient (Wildman–Crippen LogP) is 5.05. The van der Waals surface area contributed by atoms with Gasteiger partial charge < -0.3 is 20.2 Å². The Labute approximate surface area is 260 Å². The predicted molar refractivity (Wildman–Crippen MR) is 169 cm³/mol. The molecule has 9 heteroatoms. The van der Waals surface area contributed by atoms with Crippen molar-refractivity contribution in [2.75, 3.05) is 39.3 Å². The number of amides is 4. The summed E-state index contributed by atoms with van der Waals surface area (Å²) in [5.41, 5.74) is 4.10. The Bertz CT molecular complexity index is 1300. The fourth-order valence-corrected chi connectivity index (χ4v) is 6.79. The Morgan fingerprint density at radius 3 is 2.02 bits per heavy atom. The molecule has 3 saturated heterocycles. The van der Waals surface area contributed by atoms with Crippen LogP contribution in [0.15, 0.2) is 48.5 Å². The highest BCUT2D eigenvalue weighted by atomic mass is 16.4. The molecule has 3 aliphatic rings. The van der Waals surface area contributed by atoms with Gasteiger partial charge in [-0.2, -0.15) is 0 Å². The molecule has 2 aromatic rings. The number of carbonyl (C=O) groups is 4. The Morgan fingerprint density at radius 2 is 1.41 bits per heavy atom. The van der Waals surface area contributed by atoms with Crippen LogP contribution in [0, 0.1) is 11.8 Å². The van der Waals surface area contributed by atoms with Crippen LogP contribution in [-0.4, -0.2) is 88.9 Å². The Morgan fingerprint density at radius 1 is 0.818 bits per heavy atom. The summed E-state index contributed by atoms with van der Waals surface area (Å²) in [5.74, 6) is -1.99. The van der Waals surface area contributed by atoms with E-state index in [1.54, 1.807) is 4.90 Å². The number of urea groups is 1. The number of piperazine rings is 1. The molecule has 0 unspecified atom stereocenters. The summed E-state index contributed by atoms with van der Waals surface area (Å²) in [6, 6.07) is 14.6. The van der Waals surface area contributed by atoms with Crippen LogP contribution >= 0.6 is 0 Å². The molecule has 3 aliphatic heterocycles. The number of imide groups is 1. The zero-order chi connectivity index (χ0) is 31.1. The number of carboxylic acids is 1. The second-order valence-corrected chi connectivity index (χ2v) is 12.5. The first-order chi connectivity index (χ1) is 21.4. The molecule has 2 N–H and O–H groups in total. The molecule has 0 bridgehead atoms. The zero-order valence-electron chi connectivity index (χ0n) is 25.9. The first kappa shape index (κ1) is 31.7. The van der Waals surface area contributed by atoms with Gasteiger partial charge in [-0.15, -0.1) is 0 Å². The Kier molecular flexibility index (Phi) is 10.7. The van der Waals surface area contributed by atoms with Gasteiger partial charge in [0.15, 0.2) is 6.04 Å². The number of piperidine rings is 1. The van der Waals surface area contributed by atoms with Gasteiger partial charge in [0.2, 0.25) is 5.91 Å². The summed E-state index contributed by atoms with van der Waals surface area (Å²) in [6.45, 7) is 5.12. The molecule has 2 aromatic carbocycles. The topological polar surface area (TPSA) is 110 Å². The average Bonchev–Trinajstić information content (AvgIpc) is 3.06. The van der Waals surface area contributed by atoms with Crippen molar-refractivity contribution >= 4 is 23.8 Å². The van der Waals surface area contributed by atoms with E-state index in [1.165, 1.54) is 42.6 Å². The van der Waals surface area contributed by atoms with Gasteiger partial charge in [0.05, 0.1) is 5.92 Å². The van der Waals surface area contributed by atoms with Gasteiger partial charge in [-0.25, -0.2) is 14.5 Å². The quantitative estimate of drug-likeness (QED) is 0.275. The number of nitrogens with zero attached hydrogens (tertiary/aromatic N) is 3. The molecule has 2 atom stereocenters. The molecule has 44 heavy (non-hydrogen) atoms. The third-order valence-electron chi connectivity index (χ3n) is 9.54. The first-order valence-corrected chi connectivity index (χ1v) is 16.4. The van der Waals surface area contributed by atoms with Crippen molar-refractivity contribution in [3.05, 3.63) is 59.7 Å². The van der Waals surface area contributed by atoms with Crippen LogP contribution in [0.4, 0.5) is 4.79 Å². The van der Waals surface area contributed by atoms with Gasteiger partial charge in [0, 0.05) is 31.7 Å². The standard InChI is InChI=1S/C35H46N4O5/c1-2-3-4-5-6-7-25-8-10-27(11-9-25)28-12-14-29(15-13-28)32(40)37-20-22-38(23-21-37)35(44)39-31(34(42)43)30(33(39)41)24-26-16-18-36-19-17-26/h8-15,26,30-31,36H,2-7,16-24H2,1H3,(H,42,43)/t30-,31+/m1/s1. The number of aliphatic carboxylic acids is 1. The number of hydrogen-bond donors (Lipinski definition) is 2. The van der Waals surface area contributed by atoms with Crippen molar-refractivity contribution in [1.29, 1.82) is 0 Å². The minimum absolute atomic E-state index is 0.104. The van der Waals surface area contributed by atoms with Crippen LogP contribution in [0.5, 0.6) is 0 Å². The number of likely N-dealkylation sites (tertiary alicyclic amines) is 1. The molecule has 3 heterocycles. The van der Waals surface area contributed by atoms with Gasteiger partial charge in [-0.3, -0.25) is 9.59 Å². The number of unbranched alkanes of at least 4 members (excludes halogenated alkanes) is 4. The maximum Gasteiger partial charge on any atom is 0.327 e. The molecule has 236 valence electrons. The number of benzene rings is 2.